The first-order chi connectivity index (χ1) is 8.69. The molecule has 0 radical (unpaired) electrons. The standard InChI is InChI=1S/C14H18N2O2/c15-9-14(6-4-2-1-3-5-7-14)16-12(17)10-8-11(10)13(16)18/h10-11H,1-8H2. The van der Waals surface area contributed by atoms with Crippen molar-refractivity contribution in [3.63, 3.8) is 0 Å². The van der Waals surface area contributed by atoms with E-state index < -0.39 is 5.54 Å². The van der Waals surface area contributed by atoms with Gasteiger partial charge in [-0.25, -0.2) is 0 Å². The largest absolute Gasteiger partial charge is 0.274 e. The molecule has 1 aliphatic heterocycles. The monoisotopic (exact) mass is 246 g/mol. The Morgan fingerprint density at radius 2 is 1.50 bits per heavy atom. The van der Waals surface area contributed by atoms with Gasteiger partial charge in [0.2, 0.25) is 11.8 Å². The van der Waals surface area contributed by atoms with Crippen LogP contribution in [0.1, 0.15) is 51.4 Å². The van der Waals surface area contributed by atoms with Crippen LogP contribution in [0.15, 0.2) is 0 Å². The second-order valence-electron chi connectivity index (χ2n) is 5.87. The van der Waals surface area contributed by atoms with Crippen molar-refractivity contribution in [2.75, 3.05) is 0 Å². The van der Waals surface area contributed by atoms with Gasteiger partial charge in [-0.15, -0.1) is 0 Å². The van der Waals surface area contributed by atoms with Crippen molar-refractivity contribution in [1.29, 1.82) is 5.26 Å². The van der Waals surface area contributed by atoms with Gasteiger partial charge in [0.15, 0.2) is 0 Å². The molecule has 4 heteroatoms. The number of nitrogens with zero attached hydrogens (tertiary/aromatic N) is 2. The summed E-state index contributed by atoms with van der Waals surface area (Å²) in [6.45, 7) is 0. The number of likely N-dealkylation sites (tertiary alicyclic amines) is 1. The maximum Gasteiger partial charge on any atom is 0.234 e. The third-order valence-corrected chi connectivity index (χ3v) is 4.68. The lowest BCUT2D eigenvalue weighted by Crippen LogP contribution is -2.52. The molecule has 0 aromatic heterocycles. The Morgan fingerprint density at radius 3 is 2.00 bits per heavy atom. The molecular formula is C14H18N2O2. The van der Waals surface area contributed by atoms with Crippen LogP contribution >= 0.6 is 0 Å². The minimum atomic E-state index is -0.831. The SMILES string of the molecule is N#CC1(N2C(=O)C3CC3C2=O)CCCCCCC1. The van der Waals surface area contributed by atoms with Crippen molar-refractivity contribution in [2.45, 2.75) is 56.9 Å². The summed E-state index contributed by atoms with van der Waals surface area (Å²) in [4.78, 5) is 25.7. The number of fused-ring (bicyclic) bond motifs is 1. The lowest BCUT2D eigenvalue weighted by atomic mass is 9.83. The van der Waals surface area contributed by atoms with E-state index in [9.17, 15) is 14.9 Å². The van der Waals surface area contributed by atoms with E-state index in [1.165, 1.54) is 11.3 Å². The van der Waals surface area contributed by atoms with E-state index in [2.05, 4.69) is 6.07 Å². The van der Waals surface area contributed by atoms with Crippen molar-refractivity contribution >= 4 is 11.8 Å². The maximum atomic E-state index is 12.2. The molecule has 3 aliphatic rings. The van der Waals surface area contributed by atoms with Crippen molar-refractivity contribution in [2.24, 2.45) is 11.8 Å². The van der Waals surface area contributed by atoms with Gasteiger partial charge in [-0.3, -0.25) is 14.5 Å². The predicted octanol–water partition coefficient (Wildman–Crippen LogP) is 2.00. The van der Waals surface area contributed by atoms with Gasteiger partial charge >= 0.3 is 0 Å². The van der Waals surface area contributed by atoms with Crippen LogP contribution in [0.5, 0.6) is 0 Å². The number of carbonyl (C=O) groups is 2. The normalized spacial score (nSPS) is 34.5. The summed E-state index contributed by atoms with van der Waals surface area (Å²) in [5, 5.41) is 9.56. The Labute approximate surface area is 107 Å². The van der Waals surface area contributed by atoms with Crippen LogP contribution in [0.3, 0.4) is 0 Å². The molecule has 1 heterocycles. The van der Waals surface area contributed by atoms with Crippen LogP contribution < -0.4 is 0 Å². The molecule has 4 nitrogen and oxygen atoms in total. The van der Waals surface area contributed by atoms with Crippen molar-refractivity contribution in [3.05, 3.63) is 0 Å². The first-order valence-electron chi connectivity index (χ1n) is 6.99. The third-order valence-electron chi connectivity index (χ3n) is 4.68. The van der Waals surface area contributed by atoms with Gasteiger partial charge in [-0.1, -0.05) is 32.1 Å². The van der Waals surface area contributed by atoms with E-state index in [1.807, 2.05) is 0 Å². The topological polar surface area (TPSA) is 61.2 Å². The number of piperidine rings is 1. The van der Waals surface area contributed by atoms with Crippen LogP contribution in [0.4, 0.5) is 0 Å². The lowest BCUT2D eigenvalue weighted by molar-refractivity contribution is -0.147. The molecule has 0 spiro atoms. The molecular weight excluding hydrogens is 228 g/mol. The van der Waals surface area contributed by atoms with E-state index in [0.29, 0.717) is 12.8 Å². The summed E-state index contributed by atoms with van der Waals surface area (Å²) in [6, 6.07) is 2.31. The average molecular weight is 246 g/mol. The average Bonchev–Trinajstić information content (AvgIpc) is 3.07. The van der Waals surface area contributed by atoms with Crippen LogP contribution in [0, 0.1) is 23.2 Å². The Kier molecular flexibility index (Phi) is 2.65. The Bertz CT molecular complexity index is 410. The fourth-order valence-corrected chi connectivity index (χ4v) is 3.48. The molecule has 2 aliphatic carbocycles. The second kappa shape index (κ2) is 4.08. The lowest BCUT2D eigenvalue weighted by Gasteiger charge is -2.37. The zero-order chi connectivity index (χ0) is 12.8. The number of carbonyl (C=O) groups excluding carboxylic acids is 2. The highest BCUT2D eigenvalue weighted by Crippen LogP contribution is 2.50. The summed E-state index contributed by atoms with van der Waals surface area (Å²) in [5.41, 5.74) is -0.831. The molecule has 2 saturated carbocycles. The molecule has 0 bridgehead atoms. The molecule has 0 aromatic carbocycles. The predicted molar refractivity (Wildman–Crippen MR) is 64.1 cm³/mol. The fraction of sp³-hybridized carbons (Fsp3) is 0.786. The summed E-state index contributed by atoms with van der Waals surface area (Å²) in [6.07, 6.45) is 7.35. The fourth-order valence-electron chi connectivity index (χ4n) is 3.48. The molecule has 2 unspecified atom stereocenters. The van der Waals surface area contributed by atoms with E-state index in [4.69, 9.17) is 0 Å². The van der Waals surface area contributed by atoms with E-state index in [1.54, 1.807) is 0 Å². The Balaban J connectivity index is 1.88. The summed E-state index contributed by atoms with van der Waals surface area (Å²) < 4.78 is 0. The Morgan fingerprint density at radius 1 is 1.00 bits per heavy atom. The van der Waals surface area contributed by atoms with Gasteiger partial charge < -0.3 is 0 Å². The van der Waals surface area contributed by atoms with Gasteiger partial charge in [0, 0.05) is 0 Å². The van der Waals surface area contributed by atoms with Gasteiger partial charge in [0.05, 0.1) is 17.9 Å². The van der Waals surface area contributed by atoms with Crippen LogP contribution in [-0.2, 0) is 9.59 Å². The third kappa shape index (κ3) is 1.57. The molecule has 1 saturated heterocycles. The molecule has 18 heavy (non-hydrogen) atoms. The zero-order valence-electron chi connectivity index (χ0n) is 10.5. The summed E-state index contributed by atoms with van der Waals surface area (Å²) in [7, 11) is 0. The zero-order valence-corrected chi connectivity index (χ0v) is 10.5. The van der Waals surface area contributed by atoms with Crippen molar-refractivity contribution in [1.82, 2.24) is 4.90 Å². The minimum Gasteiger partial charge on any atom is -0.274 e. The van der Waals surface area contributed by atoms with E-state index in [-0.39, 0.29) is 23.7 Å². The van der Waals surface area contributed by atoms with Crippen molar-refractivity contribution in [3.8, 4) is 6.07 Å². The number of rotatable bonds is 1. The van der Waals surface area contributed by atoms with Crippen LogP contribution in [0.25, 0.3) is 0 Å². The highest BCUT2D eigenvalue weighted by Gasteiger charge is 2.63. The first-order valence-corrected chi connectivity index (χ1v) is 6.99. The van der Waals surface area contributed by atoms with Gasteiger partial charge in [-0.2, -0.15) is 5.26 Å². The molecule has 96 valence electrons. The van der Waals surface area contributed by atoms with Crippen LogP contribution in [-0.4, -0.2) is 22.3 Å². The van der Waals surface area contributed by atoms with Gasteiger partial charge in [0.1, 0.15) is 5.54 Å². The van der Waals surface area contributed by atoms with Crippen molar-refractivity contribution < 1.29 is 9.59 Å². The first kappa shape index (κ1) is 11.7. The number of hydrogen-bond acceptors (Lipinski definition) is 3. The number of imide groups is 1. The van der Waals surface area contributed by atoms with Gasteiger partial charge in [-0.05, 0) is 19.3 Å². The number of amides is 2. The van der Waals surface area contributed by atoms with Gasteiger partial charge in [0.25, 0.3) is 0 Å². The Hall–Kier alpha value is -1.37. The molecule has 3 fully saturated rings. The smallest absolute Gasteiger partial charge is 0.234 e. The molecule has 0 N–H and O–H groups in total. The maximum absolute atomic E-state index is 12.2. The van der Waals surface area contributed by atoms with E-state index in [0.717, 1.165) is 32.1 Å². The summed E-state index contributed by atoms with van der Waals surface area (Å²) in [5.74, 6) is -0.333. The molecule has 0 aromatic rings. The quantitative estimate of drug-likeness (QED) is 0.665. The highest BCUT2D eigenvalue weighted by atomic mass is 16.2. The van der Waals surface area contributed by atoms with E-state index >= 15 is 0 Å². The highest BCUT2D eigenvalue weighted by molar-refractivity contribution is 6.09. The number of nitriles is 1. The number of hydrogen-bond donors (Lipinski definition) is 0. The minimum absolute atomic E-state index is 0.0767. The molecule has 2 amide bonds. The van der Waals surface area contributed by atoms with Crippen LogP contribution in [0.2, 0.25) is 0 Å². The molecule has 3 rings (SSSR count). The second-order valence-corrected chi connectivity index (χ2v) is 5.87. The molecule has 2 atom stereocenters. The summed E-state index contributed by atoms with van der Waals surface area (Å²) >= 11 is 0.